The number of thioether (sulfide) groups is 1. The molecule has 2 aliphatic rings. The van der Waals surface area contributed by atoms with E-state index in [4.69, 9.17) is 14.7 Å². The molecule has 0 saturated carbocycles. The highest BCUT2D eigenvalue weighted by molar-refractivity contribution is 7.98. The Kier molecular flexibility index (Phi) is 6.15. The maximum Gasteiger partial charge on any atom is 0.228 e. The van der Waals surface area contributed by atoms with Crippen molar-refractivity contribution in [1.29, 1.82) is 0 Å². The molecule has 0 spiro atoms. The smallest absolute Gasteiger partial charge is 0.228 e. The van der Waals surface area contributed by atoms with Crippen molar-refractivity contribution in [3.8, 4) is 0 Å². The lowest BCUT2D eigenvalue weighted by atomic mass is 10.2. The number of hydrogen-bond acceptors (Lipinski definition) is 9. The first kappa shape index (κ1) is 20.4. The van der Waals surface area contributed by atoms with Gasteiger partial charge >= 0.3 is 0 Å². The zero-order valence-corrected chi connectivity index (χ0v) is 18.6. The second kappa shape index (κ2) is 9.33. The predicted molar refractivity (Wildman–Crippen MR) is 124 cm³/mol. The van der Waals surface area contributed by atoms with Crippen LogP contribution in [0.25, 0.3) is 11.0 Å². The summed E-state index contributed by atoms with van der Waals surface area (Å²) in [5, 5.41) is 4.30. The fourth-order valence-electron chi connectivity index (χ4n) is 3.84. The van der Waals surface area contributed by atoms with Crippen molar-refractivity contribution in [2.75, 3.05) is 62.3 Å². The summed E-state index contributed by atoms with van der Waals surface area (Å²) in [6, 6.07) is 8.64. The summed E-state index contributed by atoms with van der Waals surface area (Å²) in [5.74, 6) is 2.50. The molecule has 9 heteroatoms. The first-order valence-electron chi connectivity index (χ1n) is 10.8. The van der Waals surface area contributed by atoms with E-state index in [1.165, 1.54) is 11.1 Å². The second-order valence-electron chi connectivity index (χ2n) is 7.83. The summed E-state index contributed by atoms with van der Waals surface area (Å²) in [5.41, 5.74) is 4.20. The average Bonchev–Trinajstić information content (AvgIpc) is 2.84. The van der Waals surface area contributed by atoms with Crippen LogP contribution in [-0.2, 0) is 10.5 Å². The number of rotatable bonds is 5. The minimum atomic E-state index is 0.703. The molecule has 2 fully saturated rings. The Morgan fingerprint density at radius 2 is 1.71 bits per heavy atom. The fourth-order valence-corrected chi connectivity index (χ4v) is 4.74. The molecule has 8 nitrogen and oxygen atoms in total. The molecule has 5 rings (SSSR count). The lowest BCUT2D eigenvalue weighted by molar-refractivity contribution is 0.122. The number of nitrogens with zero attached hydrogens (tertiary/aromatic N) is 6. The van der Waals surface area contributed by atoms with Gasteiger partial charge in [-0.1, -0.05) is 41.6 Å². The van der Waals surface area contributed by atoms with Crippen LogP contribution in [0, 0.1) is 6.92 Å². The molecular weight excluding hydrogens is 410 g/mol. The Balaban J connectivity index is 1.53. The Bertz CT molecular complexity index is 1030. The third-order valence-corrected chi connectivity index (χ3v) is 6.67. The van der Waals surface area contributed by atoms with Gasteiger partial charge in [0.05, 0.1) is 13.2 Å². The molecule has 2 aromatic heterocycles. The maximum atomic E-state index is 5.56. The highest BCUT2D eigenvalue weighted by Crippen LogP contribution is 2.32. The number of nitrogens with one attached hydrogen (secondary N) is 1. The Labute approximate surface area is 186 Å². The van der Waals surface area contributed by atoms with Crippen LogP contribution >= 0.6 is 11.8 Å². The normalized spacial score (nSPS) is 17.3. The minimum absolute atomic E-state index is 0.703. The number of aryl methyl sites for hydroxylation is 1. The number of benzene rings is 1. The van der Waals surface area contributed by atoms with Crippen molar-refractivity contribution >= 4 is 34.6 Å². The highest BCUT2D eigenvalue weighted by Gasteiger charge is 2.23. The second-order valence-corrected chi connectivity index (χ2v) is 8.80. The van der Waals surface area contributed by atoms with E-state index in [2.05, 4.69) is 56.3 Å². The number of morpholine rings is 1. The van der Waals surface area contributed by atoms with Crippen LogP contribution in [0.4, 0.5) is 11.8 Å². The molecule has 2 saturated heterocycles. The largest absolute Gasteiger partial charge is 0.378 e. The number of anilines is 2. The lowest BCUT2D eigenvalue weighted by Gasteiger charge is -2.31. The van der Waals surface area contributed by atoms with E-state index < -0.39 is 0 Å². The van der Waals surface area contributed by atoms with Gasteiger partial charge in [0.15, 0.2) is 5.82 Å². The molecule has 1 aromatic carbocycles. The van der Waals surface area contributed by atoms with Gasteiger partial charge in [0.25, 0.3) is 0 Å². The number of hydrogen-bond donors (Lipinski definition) is 1. The summed E-state index contributed by atoms with van der Waals surface area (Å²) in [4.78, 5) is 23.7. The molecule has 31 heavy (non-hydrogen) atoms. The summed E-state index contributed by atoms with van der Waals surface area (Å²) in [7, 11) is 0. The van der Waals surface area contributed by atoms with Gasteiger partial charge in [0, 0.05) is 45.0 Å². The Hall–Kier alpha value is -2.49. The van der Waals surface area contributed by atoms with Gasteiger partial charge in [0.2, 0.25) is 5.95 Å². The summed E-state index contributed by atoms with van der Waals surface area (Å²) in [6.45, 7) is 8.80. The lowest BCUT2D eigenvalue weighted by Crippen LogP contribution is -2.44. The number of ether oxygens (including phenoxy) is 1. The molecule has 2 aliphatic heterocycles. The van der Waals surface area contributed by atoms with Crippen LogP contribution in [0.1, 0.15) is 11.1 Å². The van der Waals surface area contributed by atoms with Gasteiger partial charge in [-0.25, -0.2) is 15.0 Å². The molecule has 0 unspecified atom stereocenters. The zero-order chi connectivity index (χ0) is 21.0. The van der Waals surface area contributed by atoms with E-state index in [0.717, 1.165) is 72.8 Å². The first-order chi connectivity index (χ1) is 15.3. The van der Waals surface area contributed by atoms with Crippen molar-refractivity contribution in [3.05, 3.63) is 41.7 Å². The molecule has 0 bridgehead atoms. The Morgan fingerprint density at radius 3 is 2.48 bits per heavy atom. The van der Waals surface area contributed by atoms with E-state index >= 15 is 0 Å². The summed E-state index contributed by atoms with van der Waals surface area (Å²) >= 11 is 1.70. The van der Waals surface area contributed by atoms with Crippen molar-refractivity contribution in [1.82, 2.24) is 25.3 Å². The van der Waals surface area contributed by atoms with Gasteiger partial charge in [-0.3, -0.25) is 0 Å². The standard InChI is InChI=1S/C22H27N7OS/c1-16-2-4-17(5-3-16)14-31-21-19-18(24-15-25-21)20(28-10-12-30-13-11-28)27-22(26-19)29-8-6-23-7-9-29/h2-5,15,23H,6-14H2,1H3. The van der Waals surface area contributed by atoms with Gasteiger partial charge in [-0.15, -0.1) is 0 Å². The van der Waals surface area contributed by atoms with Crippen LogP contribution < -0.4 is 15.1 Å². The third-order valence-electron chi connectivity index (χ3n) is 5.62. The summed E-state index contributed by atoms with van der Waals surface area (Å²) < 4.78 is 5.56. The van der Waals surface area contributed by atoms with Crippen LogP contribution in [0.3, 0.4) is 0 Å². The van der Waals surface area contributed by atoms with Gasteiger partial charge < -0.3 is 19.9 Å². The van der Waals surface area contributed by atoms with Crippen LogP contribution in [0.5, 0.6) is 0 Å². The zero-order valence-electron chi connectivity index (χ0n) is 17.8. The van der Waals surface area contributed by atoms with Crippen molar-refractivity contribution < 1.29 is 4.74 Å². The van der Waals surface area contributed by atoms with E-state index in [0.29, 0.717) is 13.2 Å². The third kappa shape index (κ3) is 4.58. The monoisotopic (exact) mass is 437 g/mol. The fraction of sp³-hybridized carbons (Fsp3) is 0.455. The average molecular weight is 438 g/mol. The van der Waals surface area contributed by atoms with Crippen molar-refractivity contribution in [3.63, 3.8) is 0 Å². The topological polar surface area (TPSA) is 79.3 Å². The van der Waals surface area contributed by atoms with Crippen LogP contribution in [0.2, 0.25) is 0 Å². The predicted octanol–water partition coefficient (Wildman–Crippen LogP) is 2.27. The molecule has 0 amide bonds. The number of piperazine rings is 1. The molecule has 4 heterocycles. The van der Waals surface area contributed by atoms with Gasteiger partial charge in [-0.2, -0.15) is 4.98 Å². The van der Waals surface area contributed by atoms with Crippen LogP contribution in [0.15, 0.2) is 35.6 Å². The van der Waals surface area contributed by atoms with Gasteiger partial charge in [0.1, 0.15) is 22.4 Å². The molecule has 0 aliphatic carbocycles. The maximum absolute atomic E-state index is 5.56. The number of fused-ring (bicyclic) bond motifs is 1. The Morgan fingerprint density at radius 1 is 0.935 bits per heavy atom. The van der Waals surface area contributed by atoms with Crippen molar-refractivity contribution in [2.45, 2.75) is 17.7 Å². The first-order valence-corrected chi connectivity index (χ1v) is 11.8. The van der Waals surface area contributed by atoms with Gasteiger partial charge in [-0.05, 0) is 12.5 Å². The van der Waals surface area contributed by atoms with E-state index in [1.807, 2.05) is 0 Å². The molecule has 1 N–H and O–H groups in total. The quantitative estimate of drug-likeness (QED) is 0.478. The molecular formula is C22H27N7OS. The highest BCUT2D eigenvalue weighted by atomic mass is 32.2. The minimum Gasteiger partial charge on any atom is -0.378 e. The van der Waals surface area contributed by atoms with E-state index in [-0.39, 0.29) is 0 Å². The van der Waals surface area contributed by atoms with E-state index in [1.54, 1.807) is 18.1 Å². The summed E-state index contributed by atoms with van der Waals surface area (Å²) in [6.07, 6.45) is 1.64. The molecule has 0 radical (unpaired) electrons. The number of aromatic nitrogens is 4. The van der Waals surface area contributed by atoms with Crippen LogP contribution in [-0.4, -0.2) is 72.4 Å². The molecule has 0 atom stereocenters. The SMILES string of the molecule is Cc1ccc(CSc2ncnc3c(N4CCOCC4)nc(N4CCNCC4)nc23)cc1. The van der Waals surface area contributed by atoms with E-state index in [9.17, 15) is 0 Å². The molecule has 3 aromatic rings. The van der Waals surface area contributed by atoms with Crippen molar-refractivity contribution in [2.24, 2.45) is 0 Å². The molecule has 162 valence electrons.